The molecule has 6 fully saturated rings. The van der Waals surface area contributed by atoms with Gasteiger partial charge in [-0.15, -0.1) is 0 Å². The standard InChI is InChI=1S/C29H32N4O4S2.C29H34N4O3S2.C12H23NO3.C8H15NO3.C8H14O2/c1-19(32-7-11-36-12-8-32)15-27(34)30-20-5-6-24-26(16-20)38-25-4-2-3-22(29(25)39-24)23-17-21(18-28(35)31-23)33-9-13-37-14-10-33;1-20(32-9-13-35-14-10-32)7-8-30-21-5-6-25-27(17-21)37-26-4-2-3-23(29(26)38-25)24-18-22(19-28(34)31-24)33-11-15-36-16-12-33;1-10(13-5-7-15-8-6-13)9-11(14)16-12(2,3)4;1-7(6-8(10)11)9-2-4-12-5-3-9;1-5-6-7(9)10-8(2,3)4/h2-6,16-19H,7-15H2,1H3,(H,30,34)(H,31,35);2-6,17-20,30H,7-16H2,1H3,(H,31,34);10H,5-9H2,1-4H3;7H,2-6H2,1H3,(H,10,11);5-6H,1-4H3/b;;;;6-5+. The van der Waals surface area contributed by atoms with Gasteiger partial charge in [-0.25, -0.2) is 4.79 Å². The number of aliphatic carboxylic acids is 1. The molecule has 6 aromatic rings. The molecule has 4 unspecified atom stereocenters. The van der Waals surface area contributed by atoms with E-state index in [0.29, 0.717) is 45.3 Å². The van der Waals surface area contributed by atoms with Gasteiger partial charge in [-0.2, -0.15) is 0 Å². The van der Waals surface area contributed by atoms with Gasteiger partial charge in [0.25, 0.3) is 0 Å². The average Bonchev–Trinajstić information content (AvgIpc) is 0.773. The fraction of sp³-hybridized carbons (Fsp3) is 0.535. The quantitative estimate of drug-likeness (QED) is 0.0350. The molecule has 1 amide bonds. The maximum atomic E-state index is 12.8. The second-order valence-corrected chi connectivity index (χ2v) is 35.6. The molecule has 2 aromatic heterocycles. The Kier molecular flexibility index (Phi) is 34.9. The number of morpholine rings is 6. The summed E-state index contributed by atoms with van der Waals surface area (Å²) >= 11 is 6.98. The van der Waals surface area contributed by atoms with Gasteiger partial charge in [-0.1, -0.05) is 77.4 Å². The van der Waals surface area contributed by atoms with Gasteiger partial charge in [0.05, 0.1) is 104 Å². The number of allylic oxidation sites excluding steroid dienone is 1. The van der Waals surface area contributed by atoms with Gasteiger partial charge in [0.15, 0.2) is 0 Å². The minimum absolute atomic E-state index is 0.0224. The molecule has 4 atom stereocenters. The van der Waals surface area contributed by atoms with Gasteiger partial charge in [-0.05, 0) is 143 Å². The van der Waals surface area contributed by atoms with Crippen LogP contribution < -0.4 is 31.6 Å². The van der Waals surface area contributed by atoms with Crippen LogP contribution >= 0.6 is 47.0 Å². The monoisotopic (exact) mass is 1660 g/mol. The molecule has 0 aliphatic carbocycles. The molecule has 25 nitrogen and oxygen atoms in total. The third-order valence-electron chi connectivity index (χ3n) is 20.1. The van der Waals surface area contributed by atoms with E-state index in [4.69, 9.17) is 43.0 Å². The number of H-pyrrole nitrogens is 2. The summed E-state index contributed by atoms with van der Waals surface area (Å²) in [5, 5.41) is 15.3. The summed E-state index contributed by atoms with van der Waals surface area (Å²) in [6.07, 6.45) is 5.30. The van der Waals surface area contributed by atoms with Crippen molar-refractivity contribution in [3.63, 3.8) is 0 Å². The number of hydrogen-bond acceptors (Lipinski definition) is 25. The van der Waals surface area contributed by atoms with E-state index in [1.54, 1.807) is 72.2 Å². The zero-order valence-electron chi connectivity index (χ0n) is 68.7. The topological polar surface area (TPSA) is 272 Å². The Morgan fingerprint density at radius 1 is 0.470 bits per heavy atom. The van der Waals surface area contributed by atoms with Crippen LogP contribution in [0.4, 0.5) is 22.7 Å². The number of benzene rings is 4. The number of aromatic nitrogens is 2. The molecular formula is C86H118N10O15S4. The number of ether oxygens (including phenoxy) is 8. The smallest absolute Gasteiger partial charge is 0.330 e. The first-order valence-electron chi connectivity index (χ1n) is 40.2. The fourth-order valence-electron chi connectivity index (χ4n) is 14.1. The molecule has 4 aromatic carbocycles. The zero-order chi connectivity index (χ0) is 82.0. The number of nitrogens with zero attached hydrogens (tertiary/aromatic N) is 6. The van der Waals surface area contributed by atoms with Crippen molar-refractivity contribution >= 4 is 93.6 Å². The molecular weight excluding hydrogens is 1540 g/mol. The zero-order valence-corrected chi connectivity index (χ0v) is 72.0. The summed E-state index contributed by atoms with van der Waals surface area (Å²) in [6.45, 7) is 41.7. The van der Waals surface area contributed by atoms with Crippen LogP contribution in [0.2, 0.25) is 0 Å². The van der Waals surface area contributed by atoms with E-state index in [1.165, 1.54) is 25.7 Å². The molecule has 5 N–H and O–H groups in total. The lowest BCUT2D eigenvalue weighted by atomic mass is 10.1. The summed E-state index contributed by atoms with van der Waals surface area (Å²) in [7, 11) is 0. The van der Waals surface area contributed by atoms with Gasteiger partial charge in [0.1, 0.15) is 11.2 Å². The molecule has 8 aliphatic rings. The van der Waals surface area contributed by atoms with E-state index in [1.807, 2.05) is 60.6 Å². The molecule has 6 saturated heterocycles. The van der Waals surface area contributed by atoms with Crippen molar-refractivity contribution in [1.29, 1.82) is 0 Å². The fourth-order valence-corrected chi connectivity index (χ4v) is 18.9. The Labute approximate surface area is 694 Å². The number of rotatable bonds is 20. The summed E-state index contributed by atoms with van der Waals surface area (Å²) in [5.74, 6) is -1.11. The van der Waals surface area contributed by atoms with E-state index in [2.05, 4.69) is 144 Å². The van der Waals surface area contributed by atoms with Gasteiger partial charge in [0, 0.05) is 207 Å². The first-order chi connectivity index (χ1) is 55.2. The van der Waals surface area contributed by atoms with Crippen molar-refractivity contribution in [2.24, 2.45) is 0 Å². The third-order valence-corrected chi connectivity index (χ3v) is 25.3. The minimum Gasteiger partial charge on any atom is -0.481 e. The number of pyridine rings is 2. The molecule has 10 heterocycles. The number of esters is 2. The van der Waals surface area contributed by atoms with Crippen LogP contribution in [0, 0.1) is 0 Å². The minimum atomic E-state index is -0.728. The third kappa shape index (κ3) is 28.8. The summed E-state index contributed by atoms with van der Waals surface area (Å²) in [4.78, 5) is 100. The van der Waals surface area contributed by atoms with Crippen molar-refractivity contribution < 1.29 is 62.2 Å². The largest absolute Gasteiger partial charge is 0.481 e. The predicted molar refractivity (Wildman–Crippen MR) is 458 cm³/mol. The number of hydrogen-bond donors (Lipinski definition) is 5. The second-order valence-electron chi connectivity index (χ2n) is 31.3. The number of nitrogens with one attached hydrogen (secondary N) is 4. The Balaban J connectivity index is 0.000000169. The van der Waals surface area contributed by atoms with Crippen molar-refractivity contribution in [1.82, 2.24) is 29.6 Å². The second kappa shape index (κ2) is 44.6. The first kappa shape index (κ1) is 90.1. The van der Waals surface area contributed by atoms with E-state index in [9.17, 15) is 28.8 Å². The molecule has 115 heavy (non-hydrogen) atoms. The average molecular weight is 1660 g/mol. The van der Waals surface area contributed by atoms with Crippen LogP contribution in [0.1, 0.15) is 102 Å². The van der Waals surface area contributed by atoms with Crippen molar-refractivity contribution in [2.75, 3.05) is 185 Å². The van der Waals surface area contributed by atoms with E-state index in [0.717, 1.165) is 209 Å². The molecule has 0 spiro atoms. The normalized spacial score (nSPS) is 18.5. The first-order valence-corrected chi connectivity index (χ1v) is 43.5. The molecule has 0 radical (unpaired) electrons. The van der Waals surface area contributed by atoms with Gasteiger partial charge < -0.3 is 73.4 Å². The summed E-state index contributed by atoms with van der Waals surface area (Å²) < 4.78 is 42.6. The highest BCUT2D eigenvalue weighted by molar-refractivity contribution is 8.05. The van der Waals surface area contributed by atoms with Crippen LogP contribution in [0.3, 0.4) is 0 Å². The molecule has 29 heteroatoms. The Morgan fingerprint density at radius 2 is 0.861 bits per heavy atom. The number of carboxylic acid groups (broad SMARTS) is 1. The summed E-state index contributed by atoms with van der Waals surface area (Å²) in [6, 6.07) is 34.0. The van der Waals surface area contributed by atoms with Crippen LogP contribution in [0.5, 0.6) is 0 Å². The van der Waals surface area contributed by atoms with Crippen LogP contribution in [-0.2, 0) is 57.1 Å². The predicted octanol–water partition coefficient (Wildman–Crippen LogP) is 13.1. The number of amides is 1. The van der Waals surface area contributed by atoms with Crippen LogP contribution in [0.25, 0.3) is 22.5 Å². The number of aromatic amines is 2. The lowest BCUT2D eigenvalue weighted by Crippen LogP contribution is -2.43. The van der Waals surface area contributed by atoms with Gasteiger partial charge in [0.2, 0.25) is 17.0 Å². The van der Waals surface area contributed by atoms with Crippen molar-refractivity contribution in [3.8, 4) is 22.5 Å². The van der Waals surface area contributed by atoms with Crippen LogP contribution in [0.15, 0.2) is 158 Å². The lowest BCUT2D eigenvalue weighted by Gasteiger charge is -2.32. The number of carbonyl (C=O) groups excluding carboxylic acids is 3. The van der Waals surface area contributed by atoms with Crippen molar-refractivity contribution in [3.05, 3.63) is 130 Å². The maximum Gasteiger partial charge on any atom is 0.330 e. The Morgan fingerprint density at radius 3 is 1.28 bits per heavy atom. The molecule has 626 valence electrons. The molecule has 8 aliphatic heterocycles. The lowest BCUT2D eigenvalue weighted by molar-refractivity contribution is -0.156. The number of carboxylic acids is 1. The van der Waals surface area contributed by atoms with Crippen LogP contribution in [-0.4, -0.2) is 258 Å². The van der Waals surface area contributed by atoms with Gasteiger partial charge >= 0.3 is 17.9 Å². The highest BCUT2D eigenvalue weighted by Gasteiger charge is 2.29. The Hall–Kier alpha value is -7.20. The van der Waals surface area contributed by atoms with E-state index in [-0.39, 0.29) is 64.7 Å². The number of carbonyl (C=O) groups is 4. The highest BCUT2D eigenvalue weighted by Crippen LogP contribution is 2.54. The van der Waals surface area contributed by atoms with Gasteiger partial charge in [-0.3, -0.25) is 43.6 Å². The molecule has 0 bridgehead atoms. The SMILES string of the molecule is C/C=C/C(=O)OC(C)(C)C.CC(CC(=O)Nc1ccc2c(c1)Sc1cccc(-c3cc(N4CCOCC4)cc(=O)[nH]3)c1S2)N1CCOCC1.CC(CC(=O)O)N1CCOCC1.CC(CC(=O)OC(C)(C)C)N1CCOCC1.CC(CCNc1ccc2c(c1)Sc1cccc(-c3cc(N4CCOCC4)cc(=O)[nH]3)c1S2)N1CCOCC1. The van der Waals surface area contributed by atoms with E-state index >= 15 is 0 Å². The highest BCUT2D eigenvalue weighted by atomic mass is 32.2. The maximum absolute atomic E-state index is 12.8. The van der Waals surface area contributed by atoms with Crippen molar-refractivity contribution in [2.45, 2.75) is 176 Å². The number of anilines is 4. The number of fused-ring (bicyclic) bond motifs is 4. The Bertz CT molecular complexity index is 4310. The molecule has 0 saturated carbocycles. The van der Waals surface area contributed by atoms with E-state index < -0.39 is 5.97 Å². The summed E-state index contributed by atoms with van der Waals surface area (Å²) in [5.41, 5.74) is 6.65. The molecule has 14 rings (SSSR count).